The van der Waals surface area contributed by atoms with Gasteiger partial charge < -0.3 is 20.1 Å². The number of benzene rings is 4. The Hall–Kier alpha value is -4.63. The van der Waals surface area contributed by atoms with E-state index >= 15 is 0 Å². The molecule has 0 radical (unpaired) electrons. The minimum absolute atomic E-state index is 0.0389. The van der Waals surface area contributed by atoms with Crippen molar-refractivity contribution in [2.75, 3.05) is 13.7 Å². The highest BCUT2D eigenvalue weighted by Gasteiger charge is 2.31. The predicted molar refractivity (Wildman–Crippen MR) is 156 cm³/mol. The molecule has 4 aromatic carbocycles. The number of hydrogen-bond acceptors (Lipinski definition) is 5. The summed E-state index contributed by atoms with van der Waals surface area (Å²) in [6.07, 6.45) is -3.73. The molecule has 1 heterocycles. The molecule has 1 aliphatic heterocycles. The number of carbonyl (C=O) groups is 2. The molecule has 0 saturated heterocycles. The van der Waals surface area contributed by atoms with E-state index in [1.165, 1.54) is 19.2 Å². The second-order valence-corrected chi connectivity index (χ2v) is 10.3. The van der Waals surface area contributed by atoms with Gasteiger partial charge in [-0.25, -0.2) is 0 Å². The number of rotatable bonds is 9. The van der Waals surface area contributed by atoms with Crippen LogP contribution in [0, 0.1) is 0 Å². The van der Waals surface area contributed by atoms with Gasteiger partial charge in [-0.2, -0.15) is 13.2 Å². The fourth-order valence-corrected chi connectivity index (χ4v) is 5.11. The number of alkyl halides is 3. The summed E-state index contributed by atoms with van der Waals surface area (Å²) in [7, 11) is 1.31. The average molecular weight is 589 g/mol. The monoisotopic (exact) mass is 588 g/mol. The van der Waals surface area contributed by atoms with Crippen molar-refractivity contribution < 1.29 is 32.2 Å². The molecule has 2 atom stereocenters. The van der Waals surface area contributed by atoms with Crippen LogP contribution >= 0.6 is 0 Å². The molecular formula is C34H31F3N2O4. The third-order valence-electron chi connectivity index (χ3n) is 7.46. The van der Waals surface area contributed by atoms with Crippen molar-refractivity contribution >= 4 is 11.9 Å². The molecule has 6 nitrogen and oxygen atoms in total. The van der Waals surface area contributed by atoms with Gasteiger partial charge in [-0.1, -0.05) is 72.8 Å². The summed E-state index contributed by atoms with van der Waals surface area (Å²) >= 11 is 0. The standard InChI is InChI=1S/C34H31F3N2O4/c1-42-31(40)20-30(26-11-9-24(10-12-26)23-5-3-2-4-6-23)39-33(41)32-29-19-28(16-13-25(29)17-18-38-32)43-21-22-7-14-27(15-8-22)34(35,36)37/h2-16,19,30,32,38H,17-18,20-21H2,1H3,(H,39,41). The molecule has 43 heavy (non-hydrogen) atoms. The van der Waals surface area contributed by atoms with E-state index in [1.807, 2.05) is 60.7 Å². The van der Waals surface area contributed by atoms with Crippen LogP contribution in [0.3, 0.4) is 0 Å². The fourth-order valence-electron chi connectivity index (χ4n) is 5.11. The first-order chi connectivity index (χ1) is 20.7. The maximum Gasteiger partial charge on any atom is 0.416 e. The number of nitrogens with one attached hydrogen (secondary N) is 2. The van der Waals surface area contributed by atoms with Crippen LogP contribution in [0.2, 0.25) is 0 Å². The Morgan fingerprint density at radius 2 is 1.63 bits per heavy atom. The van der Waals surface area contributed by atoms with E-state index < -0.39 is 29.8 Å². The SMILES string of the molecule is COC(=O)CC(NC(=O)C1NCCc2ccc(OCc3ccc(C(F)(F)F)cc3)cc21)c1ccc(-c2ccccc2)cc1. The summed E-state index contributed by atoms with van der Waals surface area (Å²) in [5, 5.41) is 6.29. The van der Waals surface area contributed by atoms with Crippen LogP contribution in [0.15, 0.2) is 97.1 Å². The lowest BCUT2D eigenvalue weighted by Crippen LogP contribution is -2.43. The van der Waals surface area contributed by atoms with Gasteiger partial charge in [0, 0.05) is 6.54 Å². The molecule has 5 rings (SSSR count). The van der Waals surface area contributed by atoms with Crippen molar-refractivity contribution in [3.63, 3.8) is 0 Å². The first kappa shape index (κ1) is 29.8. The molecule has 1 aliphatic rings. The maximum absolute atomic E-state index is 13.6. The van der Waals surface area contributed by atoms with Crippen molar-refractivity contribution in [2.24, 2.45) is 0 Å². The van der Waals surface area contributed by atoms with Gasteiger partial charge in [0.25, 0.3) is 0 Å². The Balaban J connectivity index is 1.31. The lowest BCUT2D eigenvalue weighted by atomic mass is 9.92. The summed E-state index contributed by atoms with van der Waals surface area (Å²) in [5.74, 6) is -0.266. The zero-order valence-electron chi connectivity index (χ0n) is 23.5. The van der Waals surface area contributed by atoms with Gasteiger partial charge in [0.1, 0.15) is 18.4 Å². The van der Waals surface area contributed by atoms with Crippen molar-refractivity contribution in [3.8, 4) is 16.9 Å². The Bertz CT molecular complexity index is 1560. The second-order valence-electron chi connectivity index (χ2n) is 10.3. The lowest BCUT2D eigenvalue weighted by Gasteiger charge is -2.28. The molecular weight excluding hydrogens is 557 g/mol. The topological polar surface area (TPSA) is 76.7 Å². The quantitative estimate of drug-likeness (QED) is 0.217. The van der Waals surface area contributed by atoms with E-state index in [2.05, 4.69) is 10.6 Å². The van der Waals surface area contributed by atoms with Crippen molar-refractivity contribution in [2.45, 2.75) is 37.7 Å². The zero-order chi connectivity index (χ0) is 30.4. The second kappa shape index (κ2) is 13.1. The van der Waals surface area contributed by atoms with Crippen molar-refractivity contribution in [3.05, 3.63) is 125 Å². The largest absolute Gasteiger partial charge is 0.489 e. The third kappa shape index (κ3) is 7.42. The Labute approximate surface area is 247 Å². The highest BCUT2D eigenvalue weighted by Crippen LogP contribution is 2.31. The summed E-state index contributed by atoms with van der Waals surface area (Å²) in [6, 6.07) is 26.6. The first-order valence-corrected chi connectivity index (χ1v) is 13.9. The number of ether oxygens (including phenoxy) is 2. The van der Waals surface area contributed by atoms with E-state index in [9.17, 15) is 22.8 Å². The summed E-state index contributed by atoms with van der Waals surface area (Å²) in [6.45, 7) is 0.658. The van der Waals surface area contributed by atoms with Gasteiger partial charge >= 0.3 is 12.1 Å². The number of fused-ring (bicyclic) bond motifs is 1. The molecule has 222 valence electrons. The lowest BCUT2D eigenvalue weighted by molar-refractivity contribution is -0.141. The van der Waals surface area contributed by atoms with Crippen LogP contribution in [0.25, 0.3) is 11.1 Å². The normalized spacial score (nSPS) is 15.2. The van der Waals surface area contributed by atoms with Crippen LogP contribution < -0.4 is 15.4 Å². The first-order valence-electron chi connectivity index (χ1n) is 13.9. The number of hydrogen-bond donors (Lipinski definition) is 2. The fraction of sp³-hybridized carbons (Fsp3) is 0.235. The van der Waals surface area contributed by atoms with E-state index in [4.69, 9.17) is 9.47 Å². The molecule has 4 aromatic rings. The van der Waals surface area contributed by atoms with E-state index in [0.29, 0.717) is 24.3 Å². The molecule has 0 aliphatic carbocycles. The molecule has 1 amide bonds. The van der Waals surface area contributed by atoms with Gasteiger partial charge in [0.15, 0.2) is 0 Å². The van der Waals surface area contributed by atoms with Crippen LogP contribution in [0.1, 0.15) is 46.3 Å². The van der Waals surface area contributed by atoms with E-state index in [1.54, 1.807) is 12.1 Å². The molecule has 0 saturated carbocycles. The smallest absolute Gasteiger partial charge is 0.416 e. The van der Waals surface area contributed by atoms with Crippen molar-refractivity contribution in [1.82, 2.24) is 10.6 Å². The summed E-state index contributed by atoms with van der Waals surface area (Å²) in [5.41, 5.74) is 4.43. The Kier molecular flexibility index (Phi) is 9.11. The maximum atomic E-state index is 13.6. The molecule has 0 aromatic heterocycles. The molecule has 2 N–H and O–H groups in total. The van der Waals surface area contributed by atoms with Crippen LogP contribution in [-0.4, -0.2) is 25.5 Å². The van der Waals surface area contributed by atoms with Gasteiger partial charge in [-0.05, 0) is 64.1 Å². The number of esters is 1. The average Bonchev–Trinajstić information content (AvgIpc) is 3.03. The Morgan fingerprint density at radius 1 is 0.930 bits per heavy atom. The predicted octanol–water partition coefficient (Wildman–Crippen LogP) is 6.56. The summed E-state index contributed by atoms with van der Waals surface area (Å²) in [4.78, 5) is 25.9. The summed E-state index contributed by atoms with van der Waals surface area (Å²) < 4.78 is 49.4. The van der Waals surface area contributed by atoms with Gasteiger partial charge in [-0.15, -0.1) is 0 Å². The van der Waals surface area contributed by atoms with Crippen LogP contribution in [0.4, 0.5) is 13.2 Å². The van der Waals surface area contributed by atoms with Gasteiger partial charge in [0.05, 0.1) is 25.1 Å². The van der Waals surface area contributed by atoms with Crippen LogP contribution in [0.5, 0.6) is 5.75 Å². The number of amides is 1. The minimum atomic E-state index is -4.40. The highest BCUT2D eigenvalue weighted by molar-refractivity contribution is 5.85. The molecule has 2 unspecified atom stereocenters. The molecule has 0 fully saturated rings. The zero-order valence-corrected chi connectivity index (χ0v) is 23.5. The molecule has 0 spiro atoms. The number of carbonyl (C=O) groups excluding carboxylic acids is 2. The molecule has 0 bridgehead atoms. The van der Waals surface area contributed by atoms with Gasteiger partial charge in [0.2, 0.25) is 5.91 Å². The van der Waals surface area contributed by atoms with Gasteiger partial charge in [-0.3, -0.25) is 9.59 Å². The Morgan fingerprint density at radius 3 is 2.30 bits per heavy atom. The van der Waals surface area contributed by atoms with Crippen molar-refractivity contribution in [1.29, 1.82) is 0 Å². The highest BCUT2D eigenvalue weighted by atomic mass is 19.4. The number of methoxy groups -OCH3 is 1. The van der Waals surface area contributed by atoms with E-state index in [-0.39, 0.29) is 18.9 Å². The van der Waals surface area contributed by atoms with E-state index in [0.717, 1.165) is 39.9 Å². The third-order valence-corrected chi connectivity index (χ3v) is 7.46. The molecule has 9 heteroatoms. The number of halogens is 3. The minimum Gasteiger partial charge on any atom is -0.489 e. The van der Waals surface area contributed by atoms with Crippen LogP contribution in [-0.2, 0) is 33.5 Å².